The Morgan fingerprint density at radius 1 is 1.24 bits per heavy atom. The third-order valence-corrected chi connectivity index (χ3v) is 5.23. The molecule has 3 N–H and O–H groups in total. The number of hydrogen-bond donors (Lipinski definition) is 3. The van der Waals surface area contributed by atoms with Crippen LogP contribution in [0.25, 0.3) is 0 Å². The van der Waals surface area contributed by atoms with Crippen molar-refractivity contribution in [3.05, 3.63) is 53.9 Å². The molecule has 0 radical (unpaired) electrons. The lowest BCUT2D eigenvalue weighted by Gasteiger charge is -2.20. The smallest absolute Gasteiger partial charge is 0.490 e. The normalized spacial score (nSPS) is 19.4. The Hall–Kier alpha value is -3.28. The molecule has 1 aromatic heterocycles. The van der Waals surface area contributed by atoms with Crippen molar-refractivity contribution in [1.82, 2.24) is 10.4 Å². The van der Waals surface area contributed by atoms with Crippen molar-refractivity contribution in [3.8, 4) is 5.75 Å². The van der Waals surface area contributed by atoms with E-state index in [1.807, 2.05) is 30.3 Å². The highest BCUT2D eigenvalue weighted by molar-refractivity contribution is 8.16. The molecule has 1 unspecified atom stereocenters. The highest BCUT2D eigenvalue weighted by Crippen LogP contribution is 2.48. The van der Waals surface area contributed by atoms with Crippen molar-refractivity contribution < 1.29 is 32.6 Å². The van der Waals surface area contributed by atoms with Gasteiger partial charge in [-0.25, -0.2) is 4.79 Å². The summed E-state index contributed by atoms with van der Waals surface area (Å²) in [6.07, 6.45) is -1.68. The number of rotatable bonds is 2. The van der Waals surface area contributed by atoms with Gasteiger partial charge < -0.3 is 15.2 Å². The number of pyridine rings is 1. The molecule has 2 aliphatic rings. The molecular formula is C17H13F3N4O4S. The molecule has 2 aromatic rings. The minimum Gasteiger partial charge on any atom is -0.497 e. The number of alkyl halides is 3. The standard InChI is InChI=1S/C15H12N4O2S.C2HF3O2/c1-21-10-2-3-12-11(8-10)15(14(20)17-12)19-18-13(22-15)9-4-6-16-7-5-9;3-2(4,5)1(6)7/h2-8,19H,1H3,(H,17,20);(H,6,7). The number of halogens is 3. The number of benzene rings is 1. The number of hydrazone groups is 1. The third kappa shape index (κ3) is 3.97. The predicted molar refractivity (Wildman–Crippen MR) is 98.5 cm³/mol. The van der Waals surface area contributed by atoms with Crippen LogP contribution in [0.4, 0.5) is 18.9 Å². The van der Waals surface area contributed by atoms with Gasteiger partial charge in [0.2, 0.25) is 4.87 Å². The van der Waals surface area contributed by atoms with Crippen molar-refractivity contribution in [2.45, 2.75) is 11.0 Å². The minimum atomic E-state index is -5.08. The maximum absolute atomic E-state index is 12.5. The molecule has 4 rings (SSSR count). The summed E-state index contributed by atoms with van der Waals surface area (Å²) in [5.41, 5.74) is 5.53. The van der Waals surface area contributed by atoms with Gasteiger partial charge in [0.15, 0.2) is 0 Å². The SMILES string of the molecule is COc1ccc2c(c1)C1(NN=C(c3ccncc3)S1)C(=O)N2.O=C(O)C(F)(F)F. The molecule has 2 aliphatic heterocycles. The van der Waals surface area contributed by atoms with Crippen LogP contribution in [0.1, 0.15) is 11.1 Å². The van der Waals surface area contributed by atoms with Crippen LogP contribution < -0.4 is 15.5 Å². The molecule has 1 atom stereocenters. The van der Waals surface area contributed by atoms with Crippen LogP contribution in [-0.4, -0.2) is 40.3 Å². The zero-order valence-electron chi connectivity index (χ0n) is 14.6. The van der Waals surface area contributed by atoms with Gasteiger partial charge in [-0.15, -0.1) is 0 Å². The lowest BCUT2D eigenvalue weighted by molar-refractivity contribution is -0.192. The van der Waals surface area contributed by atoms with Crippen molar-refractivity contribution in [2.75, 3.05) is 12.4 Å². The van der Waals surface area contributed by atoms with Gasteiger partial charge in [-0.3, -0.25) is 15.2 Å². The Balaban J connectivity index is 0.000000298. The maximum atomic E-state index is 12.5. The van der Waals surface area contributed by atoms with Gasteiger partial charge in [0, 0.05) is 29.2 Å². The first-order valence-corrected chi connectivity index (χ1v) is 8.73. The average molecular weight is 426 g/mol. The number of carboxylic acids is 1. The van der Waals surface area contributed by atoms with Crippen LogP contribution in [0.3, 0.4) is 0 Å². The fourth-order valence-corrected chi connectivity index (χ4v) is 3.68. The van der Waals surface area contributed by atoms with Gasteiger partial charge >= 0.3 is 12.1 Å². The highest BCUT2D eigenvalue weighted by atomic mass is 32.2. The van der Waals surface area contributed by atoms with Crippen molar-refractivity contribution in [3.63, 3.8) is 0 Å². The van der Waals surface area contributed by atoms with Crippen molar-refractivity contribution in [2.24, 2.45) is 5.10 Å². The summed E-state index contributed by atoms with van der Waals surface area (Å²) in [6, 6.07) is 9.26. The van der Waals surface area contributed by atoms with Crippen molar-refractivity contribution >= 4 is 34.4 Å². The Morgan fingerprint density at radius 2 is 1.90 bits per heavy atom. The number of anilines is 1. The lowest BCUT2D eigenvalue weighted by atomic mass is 10.1. The van der Waals surface area contributed by atoms with Gasteiger partial charge in [-0.05, 0) is 30.3 Å². The Labute approximate surface area is 166 Å². The van der Waals surface area contributed by atoms with E-state index < -0.39 is 17.0 Å². The molecule has 0 bridgehead atoms. The van der Waals surface area contributed by atoms with Crippen molar-refractivity contribution in [1.29, 1.82) is 0 Å². The molecule has 3 heterocycles. The molecular weight excluding hydrogens is 413 g/mol. The predicted octanol–water partition coefficient (Wildman–Crippen LogP) is 2.53. The Bertz CT molecular complexity index is 984. The number of amides is 1. The van der Waals surface area contributed by atoms with Crippen LogP contribution in [0.5, 0.6) is 5.75 Å². The number of hydrogen-bond acceptors (Lipinski definition) is 7. The number of nitrogens with zero attached hydrogens (tertiary/aromatic N) is 2. The molecule has 1 spiro atoms. The summed E-state index contributed by atoms with van der Waals surface area (Å²) in [4.78, 5) is 24.5. The zero-order chi connectivity index (χ0) is 21.2. The van der Waals surface area contributed by atoms with Crippen LogP contribution in [0.15, 0.2) is 47.8 Å². The van der Waals surface area contributed by atoms with Gasteiger partial charge in [-0.2, -0.15) is 18.3 Å². The second kappa shape index (κ2) is 7.62. The number of methoxy groups -OCH3 is 1. The fourth-order valence-electron chi connectivity index (χ4n) is 2.53. The van der Waals surface area contributed by atoms with Crippen LogP contribution >= 0.6 is 11.8 Å². The summed E-state index contributed by atoms with van der Waals surface area (Å²) in [7, 11) is 1.60. The third-order valence-electron chi connectivity index (χ3n) is 3.91. The number of carboxylic acid groups (broad SMARTS) is 1. The highest BCUT2D eigenvalue weighted by Gasteiger charge is 2.52. The Morgan fingerprint density at radius 3 is 2.48 bits per heavy atom. The monoisotopic (exact) mass is 426 g/mol. The number of carbonyl (C=O) groups excluding carboxylic acids is 1. The molecule has 0 fully saturated rings. The number of carbonyl (C=O) groups is 2. The fraction of sp³-hybridized carbons (Fsp3) is 0.176. The van der Waals surface area contributed by atoms with E-state index in [1.54, 1.807) is 19.5 Å². The number of aliphatic carboxylic acids is 1. The molecule has 29 heavy (non-hydrogen) atoms. The molecule has 1 amide bonds. The van der Waals surface area contributed by atoms with E-state index in [4.69, 9.17) is 14.6 Å². The topological polar surface area (TPSA) is 113 Å². The number of thioether (sulfide) groups is 1. The van der Waals surface area contributed by atoms with E-state index in [9.17, 15) is 18.0 Å². The first kappa shape index (κ1) is 20.5. The number of aromatic nitrogens is 1. The molecule has 0 saturated heterocycles. The van der Waals surface area contributed by atoms with Gasteiger partial charge in [-0.1, -0.05) is 11.8 Å². The quantitative estimate of drug-likeness (QED) is 0.676. The molecule has 8 nitrogen and oxygen atoms in total. The summed E-state index contributed by atoms with van der Waals surface area (Å²) in [6.45, 7) is 0. The number of fused-ring (bicyclic) bond motifs is 2. The first-order valence-electron chi connectivity index (χ1n) is 7.92. The molecule has 0 aliphatic carbocycles. The van der Waals surface area contributed by atoms with E-state index in [0.717, 1.165) is 21.9 Å². The molecule has 12 heteroatoms. The van der Waals surface area contributed by atoms with E-state index in [1.165, 1.54) is 11.8 Å². The van der Waals surface area contributed by atoms with Gasteiger partial charge in [0.1, 0.15) is 10.8 Å². The second-order valence-electron chi connectivity index (χ2n) is 5.72. The summed E-state index contributed by atoms with van der Waals surface area (Å²) >= 11 is 1.39. The molecule has 152 valence electrons. The number of ether oxygens (including phenoxy) is 1. The van der Waals surface area contributed by atoms with E-state index in [2.05, 4.69) is 20.8 Å². The maximum Gasteiger partial charge on any atom is 0.490 e. The lowest BCUT2D eigenvalue weighted by Crippen LogP contribution is -2.39. The first-order chi connectivity index (χ1) is 13.7. The second-order valence-corrected chi connectivity index (χ2v) is 6.92. The van der Waals surface area contributed by atoms with E-state index >= 15 is 0 Å². The Kier molecular flexibility index (Phi) is 5.38. The largest absolute Gasteiger partial charge is 0.497 e. The van der Waals surface area contributed by atoms with Gasteiger partial charge in [0.25, 0.3) is 5.91 Å². The zero-order valence-corrected chi connectivity index (χ0v) is 15.5. The van der Waals surface area contributed by atoms with E-state index in [0.29, 0.717) is 5.75 Å². The number of nitrogens with one attached hydrogen (secondary N) is 2. The average Bonchev–Trinajstić information content (AvgIpc) is 3.25. The van der Waals surface area contributed by atoms with Crippen LogP contribution in [0.2, 0.25) is 0 Å². The minimum absolute atomic E-state index is 0.131. The molecule has 0 saturated carbocycles. The van der Waals surface area contributed by atoms with Crippen LogP contribution in [-0.2, 0) is 14.5 Å². The van der Waals surface area contributed by atoms with E-state index in [-0.39, 0.29) is 5.91 Å². The summed E-state index contributed by atoms with van der Waals surface area (Å²) in [5, 5.41) is 15.1. The van der Waals surface area contributed by atoms with Crippen LogP contribution in [0, 0.1) is 0 Å². The van der Waals surface area contributed by atoms with Gasteiger partial charge in [0.05, 0.1) is 7.11 Å². The summed E-state index contributed by atoms with van der Waals surface area (Å²) < 4.78 is 37.0. The molecule has 1 aromatic carbocycles. The summed E-state index contributed by atoms with van der Waals surface area (Å²) in [5.74, 6) is -2.18.